The number of likely N-dealkylation sites (N-methyl/N-ethyl adjacent to an activating group) is 1. The van der Waals surface area contributed by atoms with Gasteiger partial charge in [-0.3, -0.25) is 14.4 Å². The van der Waals surface area contributed by atoms with Gasteiger partial charge in [0.05, 0.1) is 12.3 Å². The van der Waals surface area contributed by atoms with Crippen molar-refractivity contribution in [1.29, 1.82) is 0 Å². The molecular weight excluding hydrogens is 338 g/mol. The molecule has 2 rings (SSSR count). The number of carbonyl (C=O) groups is 1. The van der Waals surface area contributed by atoms with Crippen molar-refractivity contribution in [3.8, 4) is 0 Å². The zero-order valence-corrected chi connectivity index (χ0v) is 15.2. The Morgan fingerprint density at radius 3 is 2.20 bits per heavy atom. The molecule has 0 unspecified atom stereocenters. The van der Waals surface area contributed by atoms with Gasteiger partial charge in [-0.2, -0.15) is 0 Å². The Morgan fingerprint density at radius 1 is 1.00 bits per heavy atom. The van der Waals surface area contributed by atoms with Crippen LogP contribution in [0.15, 0.2) is 54.6 Å². The van der Waals surface area contributed by atoms with Crippen molar-refractivity contribution >= 4 is 27.3 Å². The number of nitrogens with one attached hydrogen (secondary N) is 2. The summed E-state index contributed by atoms with van der Waals surface area (Å²) >= 11 is 0. The third-order valence-electron chi connectivity index (χ3n) is 3.53. The summed E-state index contributed by atoms with van der Waals surface area (Å²) in [5, 5.41) is 2.80. The van der Waals surface area contributed by atoms with Crippen LogP contribution in [0.5, 0.6) is 0 Å². The predicted molar refractivity (Wildman–Crippen MR) is 101 cm³/mol. The van der Waals surface area contributed by atoms with Crippen molar-refractivity contribution in [2.75, 3.05) is 29.4 Å². The Kier molecular flexibility index (Phi) is 6.55. The summed E-state index contributed by atoms with van der Waals surface area (Å²) in [4.78, 5) is 14.0. The summed E-state index contributed by atoms with van der Waals surface area (Å²) < 4.78 is 25.5. The van der Waals surface area contributed by atoms with E-state index in [-0.39, 0.29) is 18.2 Å². The van der Waals surface area contributed by atoms with Gasteiger partial charge in [-0.15, -0.1) is 0 Å². The van der Waals surface area contributed by atoms with Crippen LogP contribution < -0.4 is 10.0 Å². The lowest BCUT2D eigenvalue weighted by atomic mass is 10.2. The lowest BCUT2D eigenvalue weighted by molar-refractivity contribution is -0.117. The van der Waals surface area contributed by atoms with Gasteiger partial charge in [-0.05, 0) is 43.8 Å². The topological polar surface area (TPSA) is 78.5 Å². The van der Waals surface area contributed by atoms with E-state index < -0.39 is 10.0 Å². The van der Waals surface area contributed by atoms with Gasteiger partial charge in [0, 0.05) is 17.9 Å². The quantitative estimate of drug-likeness (QED) is 0.757. The highest BCUT2D eigenvalue weighted by Crippen LogP contribution is 2.15. The zero-order chi connectivity index (χ0) is 18.3. The van der Waals surface area contributed by atoms with E-state index in [2.05, 4.69) is 10.0 Å². The van der Waals surface area contributed by atoms with Crippen molar-refractivity contribution in [1.82, 2.24) is 4.90 Å². The smallest absolute Gasteiger partial charge is 0.238 e. The second kappa shape index (κ2) is 8.64. The molecule has 7 heteroatoms. The molecule has 0 fully saturated rings. The second-order valence-electron chi connectivity index (χ2n) is 5.79. The van der Waals surface area contributed by atoms with Crippen molar-refractivity contribution in [2.24, 2.45) is 0 Å². The van der Waals surface area contributed by atoms with Crippen LogP contribution in [0.4, 0.5) is 11.4 Å². The third kappa shape index (κ3) is 6.56. The molecular formula is C18H23N3O3S. The maximum atomic E-state index is 12.1. The van der Waals surface area contributed by atoms with Crippen LogP contribution in [0, 0.1) is 0 Å². The molecule has 0 saturated carbocycles. The number of benzene rings is 2. The number of hydrogen-bond acceptors (Lipinski definition) is 4. The Balaban J connectivity index is 1.86. The molecule has 0 radical (unpaired) electrons. The fourth-order valence-electron chi connectivity index (χ4n) is 2.27. The van der Waals surface area contributed by atoms with E-state index >= 15 is 0 Å². The second-order valence-corrected chi connectivity index (χ2v) is 7.80. The lowest BCUT2D eigenvalue weighted by Gasteiger charge is -2.16. The molecule has 1 amide bonds. The number of carbonyl (C=O) groups excluding carboxylic acids is 1. The average Bonchev–Trinajstić information content (AvgIpc) is 2.57. The highest BCUT2D eigenvalue weighted by atomic mass is 32.2. The molecule has 6 nitrogen and oxygen atoms in total. The van der Waals surface area contributed by atoms with Gasteiger partial charge in [-0.1, -0.05) is 30.3 Å². The molecule has 0 heterocycles. The van der Waals surface area contributed by atoms with Gasteiger partial charge in [0.2, 0.25) is 15.9 Å². The molecule has 25 heavy (non-hydrogen) atoms. The number of anilines is 2. The number of nitrogens with zero attached hydrogens (tertiary/aromatic N) is 1. The van der Waals surface area contributed by atoms with E-state index in [1.54, 1.807) is 31.2 Å². The van der Waals surface area contributed by atoms with E-state index in [1.807, 2.05) is 42.3 Å². The van der Waals surface area contributed by atoms with Crippen LogP contribution in [0.2, 0.25) is 0 Å². The highest BCUT2D eigenvalue weighted by Gasteiger charge is 2.09. The van der Waals surface area contributed by atoms with Gasteiger partial charge in [0.25, 0.3) is 0 Å². The summed E-state index contributed by atoms with van der Waals surface area (Å²) in [6.45, 7) is 2.52. The number of sulfonamides is 1. The SMILES string of the molecule is CCS(=O)(=O)Nc1ccc(NC(=O)CN(C)Cc2ccccc2)cc1. The van der Waals surface area contributed by atoms with Crippen LogP contribution in [-0.2, 0) is 21.4 Å². The summed E-state index contributed by atoms with van der Waals surface area (Å²) in [5.41, 5.74) is 2.24. The third-order valence-corrected chi connectivity index (χ3v) is 4.84. The monoisotopic (exact) mass is 361 g/mol. The Morgan fingerprint density at radius 2 is 1.60 bits per heavy atom. The molecule has 0 aliphatic rings. The van der Waals surface area contributed by atoms with E-state index in [4.69, 9.17) is 0 Å². The van der Waals surface area contributed by atoms with Gasteiger partial charge in [-0.25, -0.2) is 8.42 Å². The number of hydrogen-bond donors (Lipinski definition) is 2. The summed E-state index contributed by atoms with van der Waals surface area (Å²) in [6, 6.07) is 16.5. The molecule has 0 aromatic heterocycles. The molecule has 0 atom stereocenters. The lowest BCUT2D eigenvalue weighted by Crippen LogP contribution is -2.29. The molecule has 0 aliphatic carbocycles. The van der Waals surface area contributed by atoms with Crippen molar-refractivity contribution in [3.63, 3.8) is 0 Å². The first-order valence-corrected chi connectivity index (χ1v) is 9.66. The molecule has 134 valence electrons. The molecule has 2 aromatic rings. The molecule has 2 N–H and O–H groups in total. The highest BCUT2D eigenvalue weighted by molar-refractivity contribution is 7.92. The van der Waals surface area contributed by atoms with Crippen LogP contribution in [-0.4, -0.2) is 38.6 Å². The molecule has 0 aliphatic heterocycles. The molecule has 0 saturated heterocycles. The summed E-state index contributed by atoms with van der Waals surface area (Å²) in [5.74, 6) is -0.112. The Hall–Kier alpha value is -2.38. The Labute approximate surface area is 148 Å². The minimum Gasteiger partial charge on any atom is -0.325 e. The molecule has 2 aromatic carbocycles. The molecule has 0 bridgehead atoms. The first kappa shape index (κ1) is 19.0. The van der Waals surface area contributed by atoms with E-state index in [0.29, 0.717) is 17.9 Å². The number of rotatable bonds is 8. The van der Waals surface area contributed by atoms with Gasteiger partial charge < -0.3 is 5.32 Å². The van der Waals surface area contributed by atoms with Gasteiger partial charge in [0.15, 0.2) is 0 Å². The number of amides is 1. The van der Waals surface area contributed by atoms with Gasteiger partial charge in [0.1, 0.15) is 0 Å². The summed E-state index contributed by atoms with van der Waals surface area (Å²) in [7, 11) is -1.41. The maximum Gasteiger partial charge on any atom is 0.238 e. The average molecular weight is 361 g/mol. The first-order valence-electron chi connectivity index (χ1n) is 8.01. The minimum absolute atomic E-state index is 0.0131. The van der Waals surface area contributed by atoms with Gasteiger partial charge >= 0.3 is 0 Å². The first-order chi connectivity index (χ1) is 11.9. The molecule has 0 spiro atoms. The van der Waals surface area contributed by atoms with Crippen molar-refractivity contribution in [3.05, 3.63) is 60.2 Å². The van der Waals surface area contributed by atoms with E-state index in [9.17, 15) is 13.2 Å². The fourth-order valence-corrected chi connectivity index (χ4v) is 2.91. The van der Waals surface area contributed by atoms with Crippen LogP contribution in [0.3, 0.4) is 0 Å². The van der Waals surface area contributed by atoms with Crippen LogP contribution in [0.25, 0.3) is 0 Å². The predicted octanol–water partition coefficient (Wildman–Crippen LogP) is 2.52. The summed E-state index contributed by atoms with van der Waals surface area (Å²) in [6.07, 6.45) is 0. The minimum atomic E-state index is -3.30. The zero-order valence-electron chi connectivity index (χ0n) is 14.4. The normalized spacial score (nSPS) is 11.3. The standard InChI is InChI=1S/C18H23N3O3S/c1-3-25(23,24)20-17-11-9-16(10-12-17)19-18(22)14-21(2)13-15-7-5-4-6-8-15/h4-12,20H,3,13-14H2,1-2H3,(H,19,22). The van der Waals surface area contributed by atoms with E-state index in [1.165, 1.54) is 0 Å². The van der Waals surface area contributed by atoms with E-state index in [0.717, 1.165) is 5.56 Å². The maximum absolute atomic E-state index is 12.1. The van der Waals surface area contributed by atoms with Crippen molar-refractivity contribution < 1.29 is 13.2 Å². The van der Waals surface area contributed by atoms with Crippen molar-refractivity contribution in [2.45, 2.75) is 13.5 Å². The fraction of sp³-hybridized carbons (Fsp3) is 0.278. The van der Waals surface area contributed by atoms with Crippen LogP contribution >= 0.6 is 0 Å². The Bertz CT molecular complexity index is 790. The van der Waals surface area contributed by atoms with Crippen LogP contribution in [0.1, 0.15) is 12.5 Å². The largest absolute Gasteiger partial charge is 0.325 e.